The minimum atomic E-state index is -0.102. The number of carbonyl (C=O) groups is 1. The van der Waals surface area contributed by atoms with E-state index in [2.05, 4.69) is 15.3 Å². The first kappa shape index (κ1) is 17.2. The Morgan fingerprint density at radius 1 is 1.28 bits per heavy atom. The Morgan fingerprint density at radius 2 is 2.04 bits per heavy atom. The lowest BCUT2D eigenvalue weighted by molar-refractivity contribution is 0.0299. The van der Waals surface area contributed by atoms with Crippen LogP contribution >= 0.6 is 0 Å². The molecule has 0 saturated carbocycles. The summed E-state index contributed by atoms with van der Waals surface area (Å²) in [6.07, 6.45) is 0. The highest BCUT2D eigenvalue weighted by Gasteiger charge is 2.21. The average Bonchev–Trinajstić information content (AvgIpc) is 2.63. The highest BCUT2D eigenvalue weighted by atomic mass is 16.5. The Hall–Kier alpha value is -2.67. The number of carbonyl (C=O) groups excluding carboxylic acids is 1. The topological polar surface area (TPSA) is 76.6 Å². The summed E-state index contributed by atoms with van der Waals surface area (Å²) in [5, 5.41) is 3.22. The number of aryl methyl sites for hydroxylation is 1. The van der Waals surface area contributed by atoms with E-state index in [0.717, 1.165) is 11.4 Å². The monoisotopic (exact) mass is 342 g/mol. The second-order valence-electron chi connectivity index (χ2n) is 5.64. The summed E-state index contributed by atoms with van der Waals surface area (Å²) in [6.45, 7) is 6.56. The van der Waals surface area contributed by atoms with Crippen LogP contribution in [0.3, 0.4) is 0 Å². The fourth-order valence-corrected chi connectivity index (χ4v) is 2.66. The van der Waals surface area contributed by atoms with Gasteiger partial charge in [0.2, 0.25) is 0 Å². The van der Waals surface area contributed by atoms with Crippen LogP contribution in [0.15, 0.2) is 30.3 Å². The van der Waals surface area contributed by atoms with Crippen molar-refractivity contribution in [3.8, 4) is 5.75 Å². The molecule has 0 atom stereocenters. The number of nitrogens with zero attached hydrogens (tertiary/aromatic N) is 3. The van der Waals surface area contributed by atoms with Gasteiger partial charge in [0.05, 0.1) is 25.5 Å². The molecular formula is C18H22N4O3. The Labute approximate surface area is 147 Å². The van der Waals surface area contributed by atoms with Crippen molar-refractivity contribution in [3.05, 3.63) is 41.9 Å². The van der Waals surface area contributed by atoms with Crippen molar-refractivity contribution in [1.29, 1.82) is 0 Å². The van der Waals surface area contributed by atoms with E-state index in [4.69, 9.17) is 9.47 Å². The number of anilines is 2. The van der Waals surface area contributed by atoms with E-state index < -0.39 is 0 Å². The van der Waals surface area contributed by atoms with Gasteiger partial charge in [-0.25, -0.2) is 9.97 Å². The van der Waals surface area contributed by atoms with Crippen molar-refractivity contribution in [2.75, 3.05) is 38.2 Å². The first-order valence-corrected chi connectivity index (χ1v) is 8.39. The van der Waals surface area contributed by atoms with Gasteiger partial charge in [-0.2, -0.15) is 0 Å². The highest BCUT2D eigenvalue weighted by Crippen LogP contribution is 2.27. The van der Waals surface area contributed by atoms with Crippen molar-refractivity contribution < 1.29 is 14.3 Å². The number of hydrogen-bond acceptors (Lipinski definition) is 6. The summed E-state index contributed by atoms with van der Waals surface area (Å²) in [6, 6.07) is 9.30. The van der Waals surface area contributed by atoms with Gasteiger partial charge in [-0.3, -0.25) is 4.79 Å². The van der Waals surface area contributed by atoms with Crippen LogP contribution < -0.4 is 10.1 Å². The second kappa shape index (κ2) is 7.94. The van der Waals surface area contributed by atoms with Crippen LogP contribution in [0.5, 0.6) is 5.75 Å². The van der Waals surface area contributed by atoms with Crippen molar-refractivity contribution in [2.24, 2.45) is 0 Å². The summed E-state index contributed by atoms with van der Waals surface area (Å²) in [5.41, 5.74) is 1.18. The zero-order valence-corrected chi connectivity index (χ0v) is 14.5. The highest BCUT2D eigenvalue weighted by molar-refractivity contribution is 5.93. The number of para-hydroxylation sites is 2. The van der Waals surface area contributed by atoms with Gasteiger partial charge in [-0.05, 0) is 26.0 Å². The maximum atomic E-state index is 12.7. The van der Waals surface area contributed by atoms with Crippen LogP contribution in [0.25, 0.3) is 0 Å². The van der Waals surface area contributed by atoms with Crippen molar-refractivity contribution in [1.82, 2.24) is 14.9 Å². The number of nitrogens with one attached hydrogen (secondary N) is 1. The van der Waals surface area contributed by atoms with E-state index in [-0.39, 0.29) is 5.91 Å². The van der Waals surface area contributed by atoms with Crippen molar-refractivity contribution in [2.45, 2.75) is 13.8 Å². The SMILES string of the molecule is CCOc1ccccc1Nc1cc(C(=O)N2CCOCC2)nc(C)n1. The normalized spacial score (nSPS) is 14.2. The lowest BCUT2D eigenvalue weighted by Crippen LogP contribution is -2.41. The number of rotatable bonds is 5. The van der Waals surface area contributed by atoms with Crippen LogP contribution in [0.1, 0.15) is 23.2 Å². The molecule has 7 heteroatoms. The van der Waals surface area contributed by atoms with E-state index in [9.17, 15) is 4.79 Å². The summed E-state index contributed by atoms with van der Waals surface area (Å²) in [5.74, 6) is 1.74. The fourth-order valence-electron chi connectivity index (χ4n) is 2.66. The molecule has 1 aliphatic rings. The molecule has 0 bridgehead atoms. The number of amides is 1. The van der Waals surface area contributed by atoms with E-state index in [1.54, 1.807) is 17.9 Å². The van der Waals surface area contributed by atoms with Gasteiger partial charge in [0.25, 0.3) is 5.91 Å². The molecule has 132 valence electrons. The molecule has 0 radical (unpaired) electrons. The molecule has 1 aromatic heterocycles. The molecule has 1 aliphatic heterocycles. The van der Waals surface area contributed by atoms with Gasteiger partial charge in [-0.1, -0.05) is 12.1 Å². The number of ether oxygens (including phenoxy) is 2. The molecule has 1 saturated heterocycles. The zero-order chi connectivity index (χ0) is 17.6. The molecule has 2 aromatic rings. The van der Waals surface area contributed by atoms with E-state index in [1.807, 2.05) is 31.2 Å². The summed E-state index contributed by atoms with van der Waals surface area (Å²) >= 11 is 0. The molecule has 25 heavy (non-hydrogen) atoms. The predicted octanol–water partition coefficient (Wildman–Crippen LogP) is 2.40. The molecule has 0 unspecified atom stereocenters. The molecule has 0 spiro atoms. The number of benzene rings is 1. The summed E-state index contributed by atoms with van der Waals surface area (Å²) in [4.78, 5) is 23.1. The maximum Gasteiger partial charge on any atom is 0.272 e. The third-order valence-electron chi connectivity index (χ3n) is 3.81. The quantitative estimate of drug-likeness (QED) is 0.899. The molecule has 7 nitrogen and oxygen atoms in total. The van der Waals surface area contributed by atoms with Gasteiger partial charge in [-0.15, -0.1) is 0 Å². The lowest BCUT2D eigenvalue weighted by Gasteiger charge is -2.26. The van der Waals surface area contributed by atoms with Gasteiger partial charge < -0.3 is 19.7 Å². The molecular weight excluding hydrogens is 320 g/mol. The Kier molecular flexibility index (Phi) is 5.45. The molecule has 0 aliphatic carbocycles. The first-order valence-electron chi connectivity index (χ1n) is 8.39. The lowest BCUT2D eigenvalue weighted by atomic mass is 10.2. The maximum absolute atomic E-state index is 12.7. The van der Waals surface area contributed by atoms with E-state index in [0.29, 0.717) is 50.2 Å². The third-order valence-corrected chi connectivity index (χ3v) is 3.81. The Morgan fingerprint density at radius 3 is 2.80 bits per heavy atom. The zero-order valence-electron chi connectivity index (χ0n) is 14.5. The van der Waals surface area contributed by atoms with Crippen LogP contribution in [0, 0.1) is 6.92 Å². The van der Waals surface area contributed by atoms with Crippen LogP contribution in [-0.4, -0.2) is 53.7 Å². The number of hydrogen-bond donors (Lipinski definition) is 1. The molecule has 3 rings (SSSR count). The molecule has 2 heterocycles. The average molecular weight is 342 g/mol. The third kappa shape index (κ3) is 4.24. The summed E-state index contributed by atoms with van der Waals surface area (Å²) in [7, 11) is 0. The number of morpholine rings is 1. The first-order chi connectivity index (χ1) is 12.2. The van der Waals surface area contributed by atoms with E-state index >= 15 is 0 Å². The van der Waals surface area contributed by atoms with Crippen molar-refractivity contribution in [3.63, 3.8) is 0 Å². The number of aromatic nitrogens is 2. The second-order valence-corrected chi connectivity index (χ2v) is 5.64. The molecule has 1 aromatic carbocycles. The van der Waals surface area contributed by atoms with Crippen LogP contribution in [0.4, 0.5) is 11.5 Å². The van der Waals surface area contributed by atoms with Gasteiger partial charge in [0, 0.05) is 19.2 Å². The largest absolute Gasteiger partial charge is 0.492 e. The van der Waals surface area contributed by atoms with E-state index in [1.165, 1.54) is 0 Å². The fraction of sp³-hybridized carbons (Fsp3) is 0.389. The van der Waals surface area contributed by atoms with Crippen LogP contribution in [-0.2, 0) is 4.74 Å². The Balaban J connectivity index is 1.83. The smallest absolute Gasteiger partial charge is 0.272 e. The predicted molar refractivity (Wildman–Crippen MR) is 94.4 cm³/mol. The standard InChI is InChI=1S/C18H22N4O3/c1-3-25-16-7-5-4-6-14(16)21-17-12-15(19-13(2)20-17)18(23)22-8-10-24-11-9-22/h4-7,12H,3,8-11H2,1-2H3,(H,19,20,21). The Bertz CT molecular complexity index is 745. The molecule has 1 N–H and O–H groups in total. The van der Waals surface area contributed by atoms with Gasteiger partial charge in [0.1, 0.15) is 23.1 Å². The summed E-state index contributed by atoms with van der Waals surface area (Å²) < 4.78 is 10.9. The minimum Gasteiger partial charge on any atom is -0.492 e. The van der Waals surface area contributed by atoms with Crippen LogP contribution in [0.2, 0.25) is 0 Å². The molecule has 1 amide bonds. The van der Waals surface area contributed by atoms with Gasteiger partial charge in [0.15, 0.2) is 0 Å². The molecule has 1 fully saturated rings. The van der Waals surface area contributed by atoms with Crippen molar-refractivity contribution >= 4 is 17.4 Å². The van der Waals surface area contributed by atoms with Gasteiger partial charge >= 0.3 is 0 Å². The minimum absolute atomic E-state index is 0.102.